The van der Waals surface area contributed by atoms with Crippen LogP contribution in [0.15, 0.2) is 18.2 Å². The van der Waals surface area contributed by atoms with Gasteiger partial charge in [-0.2, -0.15) is 0 Å². The number of urea groups is 1. The Balaban J connectivity index is 2.57. The largest absolute Gasteiger partial charge is 0.495 e. The van der Waals surface area contributed by atoms with E-state index in [0.29, 0.717) is 23.1 Å². The van der Waals surface area contributed by atoms with E-state index in [4.69, 9.17) is 21.1 Å². The fraction of sp³-hybridized carbons (Fsp3) is 0.417. The van der Waals surface area contributed by atoms with Gasteiger partial charge in [-0.25, -0.2) is 4.79 Å². The average molecular weight is 273 g/mol. The van der Waals surface area contributed by atoms with E-state index in [1.807, 2.05) is 6.92 Å². The zero-order chi connectivity index (χ0) is 13.5. The third-order valence-corrected chi connectivity index (χ3v) is 2.50. The molecule has 1 atom stereocenters. The molecule has 0 fully saturated rings. The summed E-state index contributed by atoms with van der Waals surface area (Å²) in [5, 5.41) is 5.85. The van der Waals surface area contributed by atoms with Crippen LogP contribution in [-0.2, 0) is 4.74 Å². The Hall–Kier alpha value is -1.46. The van der Waals surface area contributed by atoms with Gasteiger partial charge in [0.15, 0.2) is 0 Å². The normalized spacial score (nSPS) is 11.8. The lowest BCUT2D eigenvalue weighted by atomic mass is 10.3. The molecule has 0 heterocycles. The molecule has 0 saturated carbocycles. The lowest BCUT2D eigenvalue weighted by Gasteiger charge is -2.14. The Morgan fingerprint density at radius 3 is 2.72 bits per heavy atom. The van der Waals surface area contributed by atoms with Crippen LogP contribution in [-0.4, -0.2) is 32.9 Å². The van der Waals surface area contributed by atoms with Crippen molar-refractivity contribution >= 4 is 23.3 Å². The van der Waals surface area contributed by atoms with Crippen molar-refractivity contribution in [2.75, 3.05) is 26.1 Å². The van der Waals surface area contributed by atoms with Crippen LogP contribution in [0.3, 0.4) is 0 Å². The molecule has 2 amide bonds. The summed E-state index contributed by atoms with van der Waals surface area (Å²) in [5.74, 6) is 0.565. The maximum atomic E-state index is 11.6. The lowest BCUT2D eigenvalue weighted by Crippen LogP contribution is -2.38. The quantitative estimate of drug-likeness (QED) is 0.866. The first kappa shape index (κ1) is 14.6. The van der Waals surface area contributed by atoms with E-state index in [1.165, 1.54) is 7.11 Å². The number of halogens is 1. The number of hydrogen-bond acceptors (Lipinski definition) is 3. The van der Waals surface area contributed by atoms with Gasteiger partial charge in [-0.15, -0.1) is 0 Å². The van der Waals surface area contributed by atoms with Gasteiger partial charge < -0.3 is 20.1 Å². The van der Waals surface area contributed by atoms with Gasteiger partial charge in [0.2, 0.25) is 0 Å². The van der Waals surface area contributed by atoms with Gasteiger partial charge >= 0.3 is 6.03 Å². The molecule has 100 valence electrons. The van der Waals surface area contributed by atoms with E-state index in [2.05, 4.69) is 10.6 Å². The monoisotopic (exact) mass is 272 g/mol. The number of ether oxygens (including phenoxy) is 2. The molecule has 0 spiro atoms. The van der Waals surface area contributed by atoms with Gasteiger partial charge in [0.1, 0.15) is 5.75 Å². The number of methoxy groups -OCH3 is 2. The third kappa shape index (κ3) is 4.43. The van der Waals surface area contributed by atoms with Crippen LogP contribution in [0.1, 0.15) is 6.92 Å². The highest BCUT2D eigenvalue weighted by molar-refractivity contribution is 6.32. The zero-order valence-electron chi connectivity index (χ0n) is 10.6. The minimum atomic E-state index is -0.305. The Kier molecular flexibility index (Phi) is 5.74. The smallest absolute Gasteiger partial charge is 0.319 e. The van der Waals surface area contributed by atoms with Crippen molar-refractivity contribution < 1.29 is 14.3 Å². The molecule has 0 aliphatic rings. The molecule has 0 saturated heterocycles. The first-order chi connectivity index (χ1) is 8.56. The molecular weight excluding hydrogens is 256 g/mol. The maximum absolute atomic E-state index is 11.6. The summed E-state index contributed by atoms with van der Waals surface area (Å²) in [4.78, 5) is 11.6. The number of hydrogen-bond donors (Lipinski definition) is 2. The van der Waals surface area contributed by atoms with Crippen LogP contribution in [0, 0.1) is 0 Å². The van der Waals surface area contributed by atoms with Crippen LogP contribution < -0.4 is 15.4 Å². The van der Waals surface area contributed by atoms with E-state index in [9.17, 15) is 4.79 Å². The van der Waals surface area contributed by atoms with Crippen molar-refractivity contribution in [3.8, 4) is 5.75 Å². The number of carbonyl (C=O) groups is 1. The molecule has 0 unspecified atom stereocenters. The van der Waals surface area contributed by atoms with Crippen molar-refractivity contribution in [1.29, 1.82) is 0 Å². The standard InChI is InChI=1S/C12H17ClN2O3/c1-8(7-17-2)14-12(16)15-9-4-5-11(18-3)10(13)6-9/h4-6,8H,7H2,1-3H3,(H2,14,15,16)/t8-/m1/s1. The van der Waals surface area contributed by atoms with E-state index in [-0.39, 0.29) is 12.1 Å². The summed E-state index contributed by atoms with van der Waals surface area (Å²) < 4.78 is 9.95. The second-order valence-electron chi connectivity index (χ2n) is 3.80. The third-order valence-electron chi connectivity index (χ3n) is 2.20. The SMILES string of the molecule is COC[C@@H](C)NC(=O)Nc1ccc(OC)c(Cl)c1. The van der Waals surface area contributed by atoms with E-state index in [0.717, 1.165) is 0 Å². The molecule has 0 aliphatic heterocycles. The first-order valence-corrected chi connectivity index (χ1v) is 5.84. The molecule has 1 aromatic carbocycles. The average Bonchev–Trinajstić information content (AvgIpc) is 2.29. The van der Waals surface area contributed by atoms with Gasteiger partial charge in [0.25, 0.3) is 0 Å². The van der Waals surface area contributed by atoms with Crippen LogP contribution >= 0.6 is 11.6 Å². The van der Waals surface area contributed by atoms with E-state index >= 15 is 0 Å². The van der Waals surface area contributed by atoms with Crippen LogP contribution in [0.2, 0.25) is 5.02 Å². The van der Waals surface area contributed by atoms with E-state index < -0.39 is 0 Å². The summed E-state index contributed by atoms with van der Waals surface area (Å²) >= 11 is 5.95. The number of nitrogens with one attached hydrogen (secondary N) is 2. The highest BCUT2D eigenvalue weighted by Crippen LogP contribution is 2.27. The molecule has 1 aromatic rings. The van der Waals surface area contributed by atoms with Gasteiger partial charge in [0, 0.05) is 12.8 Å². The summed E-state index contributed by atoms with van der Waals surface area (Å²) in [6.45, 7) is 2.31. The van der Waals surface area contributed by atoms with Crippen molar-refractivity contribution in [3.05, 3.63) is 23.2 Å². The van der Waals surface area contributed by atoms with Crippen molar-refractivity contribution in [1.82, 2.24) is 5.32 Å². The Labute approximate surface area is 111 Å². The van der Waals surface area contributed by atoms with Gasteiger partial charge in [-0.1, -0.05) is 11.6 Å². The Morgan fingerprint density at radius 1 is 1.44 bits per heavy atom. The predicted octanol–water partition coefficient (Wildman–Crippen LogP) is 2.51. The molecule has 18 heavy (non-hydrogen) atoms. The molecule has 1 rings (SSSR count). The molecule has 0 aliphatic carbocycles. The first-order valence-electron chi connectivity index (χ1n) is 5.46. The fourth-order valence-corrected chi connectivity index (χ4v) is 1.68. The number of benzene rings is 1. The Morgan fingerprint density at radius 2 is 2.17 bits per heavy atom. The lowest BCUT2D eigenvalue weighted by molar-refractivity contribution is 0.173. The van der Waals surface area contributed by atoms with Gasteiger partial charge in [-0.3, -0.25) is 0 Å². The highest BCUT2D eigenvalue weighted by atomic mass is 35.5. The number of amides is 2. The van der Waals surface area contributed by atoms with Crippen molar-refractivity contribution in [2.45, 2.75) is 13.0 Å². The molecule has 0 radical (unpaired) electrons. The summed E-state index contributed by atoms with van der Waals surface area (Å²) in [7, 11) is 3.12. The number of rotatable bonds is 5. The molecule has 5 nitrogen and oxygen atoms in total. The topological polar surface area (TPSA) is 59.6 Å². The fourth-order valence-electron chi connectivity index (χ4n) is 1.43. The zero-order valence-corrected chi connectivity index (χ0v) is 11.4. The predicted molar refractivity (Wildman–Crippen MR) is 71.5 cm³/mol. The van der Waals surface area contributed by atoms with Crippen LogP contribution in [0.4, 0.5) is 10.5 Å². The maximum Gasteiger partial charge on any atom is 0.319 e. The molecule has 0 bridgehead atoms. The number of carbonyl (C=O) groups excluding carboxylic acids is 1. The highest BCUT2D eigenvalue weighted by Gasteiger charge is 2.08. The van der Waals surface area contributed by atoms with Crippen LogP contribution in [0.5, 0.6) is 5.75 Å². The second kappa shape index (κ2) is 7.08. The van der Waals surface area contributed by atoms with E-state index in [1.54, 1.807) is 25.3 Å². The van der Waals surface area contributed by atoms with Crippen molar-refractivity contribution in [3.63, 3.8) is 0 Å². The minimum absolute atomic E-state index is 0.0660. The van der Waals surface area contributed by atoms with Crippen LogP contribution in [0.25, 0.3) is 0 Å². The van der Waals surface area contributed by atoms with Crippen molar-refractivity contribution in [2.24, 2.45) is 0 Å². The second-order valence-corrected chi connectivity index (χ2v) is 4.21. The molecule has 2 N–H and O–H groups in total. The minimum Gasteiger partial charge on any atom is -0.495 e. The number of anilines is 1. The summed E-state index contributed by atoms with van der Waals surface area (Å²) in [6, 6.07) is 4.66. The Bertz CT molecular complexity index is 412. The van der Waals surface area contributed by atoms with Gasteiger partial charge in [0.05, 0.1) is 24.8 Å². The summed E-state index contributed by atoms with van der Waals surface area (Å²) in [5.41, 5.74) is 0.600. The molecule has 0 aromatic heterocycles. The van der Waals surface area contributed by atoms with Gasteiger partial charge in [-0.05, 0) is 25.1 Å². The summed E-state index contributed by atoms with van der Waals surface area (Å²) in [6.07, 6.45) is 0. The molecule has 6 heteroatoms. The molecular formula is C12H17ClN2O3.